The summed E-state index contributed by atoms with van der Waals surface area (Å²) < 4.78 is 0. The zero-order valence-electron chi connectivity index (χ0n) is 7.66. The molecule has 0 atom stereocenters. The van der Waals surface area contributed by atoms with Crippen molar-refractivity contribution >= 4 is 0 Å². The van der Waals surface area contributed by atoms with Crippen LogP contribution in [0.5, 0.6) is 6.01 Å². The molecular weight excluding hydrogens is 166 g/mol. The van der Waals surface area contributed by atoms with Gasteiger partial charge in [0.25, 0.3) is 0 Å². The second-order valence-corrected chi connectivity index (χ2v) is 2.22. The van der Waals surface area contributed by atoms with Crippen molar-refractivity contribution in [1.82, 2.24) is 15.4 Å². The molecule has 0 radical (unpaired) electrons. The molecule has 1 N–H and O–H groups in total. The Bertz CT molecular complexity index is 310. The number of hydrogen-bond acceptors (Lipinski definition) is 4. The van der Waals surface area contributed by atoms with Gasteiger partial charge in [-0.1, -0.05) is 18.8 Å². The van der Waals surface area contributed by atoms with E-state index >= 15 is 0 Å². The van der Waals surface area contributed by atoms with Gasteiger partial charge in [-0.25, -0.2) is 9.97 Å². The lowest BCUT2D eigenvalue weighted by Crippen LogP contribution is -2.13. The first-order valence-electron chi connectivity index (χ1n) is 4.01. The van der Waals surface area contributed by atoms with Crippen LogP contribution in [-0.4, -0.2) is 17.0 Å². The molecule has 0 spiro atoms. The highest BCUT2D eigenvalue weighted by molar-refractivity contribution is 5.29. The standard InChI is InChI=1S/C9H11N3O/c1-3-4-5-8-6-11-9(12-7-8)13-10-2/h6-7,10H,3H2,1-2H3. The molecule has 0 amide bonds. The van der Waals surface area contributed by atoms with Crippen LogP contribution in [0, 0.1) is 11.8 Å². The molecule has 0 saturated heterocycles. The molecule has 13 heavy (non-hydrogen) atoms. The zero-order valence-corrected chi connectivity index (χ0v) is 7.66. The van der Waals surface area contributed by atoms with Crippen molar-refractivity contribution in [2.45, 2.75) is 13.3 Å². The molecule has 68 valence electrons. The Morgan fingerprint density at radius 1 is 1.46 bits per heavy atom. The third-order valence-corrected chi connectivity index (χ3v) is 1.23. The van der Waals surface area contributed by atoms with Crippen LogP contribution < -0.4 is 10.3 Å². The van der Waals surface area contributed by atoms with E-state index in [1.807, 2.05) is 6.92 Å². The second kappa shape index (κ2) is 5.12. The molecule has 0 aliphatic carbocycles. The van der Waals surface area contributed by atoms with Crippen molar-refractivity contribution in [2.75, 3.05) is 7.05 Å². The topological polar surface area (TPSA) is 47.0 Å². The molecule has 1 aromatic heterocycles. The first kappa shape index (κ1) is 9.49. The molecule has 0 aliphatic heterocycles. The molecule has 4 nitrogen and oxygen atoms in total. The van der Waals surface area contributed by atoms with Gasteiger partial charge in [0.1, 0.15) is 0 Å². The average Bonchev–Trinajstić information content (AvgIpc) is 2.17. The van der Waals surface area contributed by atoms with Gasteiger partial charge in [0.2, 0.25) is 0 Å². The van der Waals surface area contributed by atoms with Gasteiger partial charge in [-0.3, -0.25) is 0 Å². The number of aromatic nitrogens is 2. The van der Waals surface area contributed by atoms with Crippen molar-refractivity contribution in [2.24, 2.45) is 0 Å². The predicted octanol–water partition coefficient (Wildman–Crippen LogP) is 0.751. The maximum absolute atomic E-state index is 4.84. The highest BCUT2D eigenvalue weighted by Crippen LogP contribution is 1.99. The Hall–Kier alpha value is -1.60. The van der Waals surface area contributed by atoms with Gasteiger partial charge in [0, 0.05) is 25.9 Å². The van der Waals surface area contributed by atoms with Crippen LogP contribution in [0.3, 0.4) is 0 Å². The molecule has 1 rings (SSSR count). The summed E-state index contributed by atoms with van der Waals surface area (Å²) in [7, 11) is 1.65. The van der Waals surface area contributed by atoms with Crippen molar-refractivity contribution in [3.05, 3.63) is 18.0 Å². The number of hydrogen-bond donors (Lipinski definition) is 1. The van der Waals surface area contributed by atoms with Crippen LogP contribution in [0.25, 0.3) is 0 Å². The van der Waals surface area contributed by atoms with Gasteiger partial charge in [-0.05, 0) is 0 Å². The van der Waals surface area contributed by atoms with E-state index in [1.165, 1.54) is 0 Å². The summed E-state index contributed by atoms with van der Waals surface area (Å²) in [6.45, 7) is 1.99. The Labute approximate surface area is 77.3 Å². The Balaban J connectivity index is 2.69. The molecule has 0 fully saturated rings. The first-order chi connectivity index (χ1) is 6.36. The van der Waals surface area contributed by atoms with Crippen molar-refractivity contribution in [1.29, 1.82) is 0 Å². The van der Waals surface area contributed by atoms with Crippen LogP contribution in [0.2, 0.25) is 0 Å². The van der Waals surface area contributed by atoms with E-state index in [4.69, 9.17) is 4.84 Å². The van der Waals surface area contributed by atoms with Crippen LogP contribution >= 0.6 is 0 Å². The lowest BCUT2D eigenvalue weighted by molar-refractivity contribution is 0.203. The Morgan fingerprint density at radius 2 is 2.15 bits per heavy atom. The third-order valence-electron chi connectivity index (χ3n) is 1.23. The van der Waals surface area contributed by atoms with E-state index in [-0.39, 0.29) is 0 Å². The molecule has 0 aromatic carbocycles. The summed E-state index contributed by atoms with van der Waals surface area (Å²) in [5, 5.41) is 0. The third kappa shape index (κ3) is 3.09. The molecule has 1 aromatic rings. The largest absolute Gasteiger partial charge is 0.368 e. The molecule has 0 unspecified atom stereocenters. The number of nitrogens with one attached hydrogen (secondary N) is 1. The summed E-state index contributed by atoms with van der Waals surface area (Å²) in [6, 6.07) is 0.296. The molecule has 0 saturated carbocycles. The van der Waals surface area contributed by atoms with Gasteiger partial charge >= 0.3 is 6.01 Å². The first-order valence-corrected chi connectivity index (χ1v) is 4.01. The minimum Gasteiger partial charge on any atom is -0.368 e. The van der Waals surface area contributed by atoms with E-state index < -0.39 is 0 Å². The van der Waals surface area contributed by atoms with E-state index in [2.05, 4.69) is 27.3 Å². The maximum Gasteiger partial charge on any atom is 0.335 e. The van der Waals surface area contributed by atoms with Crippen molar-refractivity contribution in [3.63, 3.8) is 0 Å². The van der Waals surface area contributed by atoms with Gasteiger partial charge in [-0.15, -0.1) is 0 Å². The minimum atomic E-state index is 0.296. The van der Waals surface area contributed by atoms with E-state index in [1.54, 1.807) is 19.4 Å². The minimum absolute atomic E-state index is 0.296. The summed E-state index contributed by atoms with van der Waals surface area (Å²) in [5.41, 5.74) is 3.28. The van der Waals surface area contributed by atoms with E-state index in [0.717, 1.165) is 12.0 Å². The Kier molecular flexibility index (Phi) is 3.74. The number of nitrogens with zero attached hydrogens (tertiary/aromatic N) is 2. The van der Waals surface area contributed by atoms with Crippen molar-refractivity contribution < 1.29 is 4.84 Å². The normalized spacial score (nSPS) is 8.77. The smallest absolute Gasteiger partial charge is 0.335 e. The quantitative estimate of drug-likeness (QED) is 0.535. The Morgan fingerprint density at radius 3 is 2.69 bits per heavy atom. The SMILES string of the molecule is CCC#Cc1cnc(ONC)nc1. The highest BCUT2D eigenvalue weighted by Gasteiger charge is 1.94. The van der Waals surface area contributed by atoms with Gasteiger partial charge < -0.3 is 4.84 Å². The lowest BCUT2D eigenvalue weighted by atomic mass is 10.3. The van der Waals surface area contributed by atoms with Gasteiger partial charge in [-0.2, -0.15) is 5.48 Å². The highest BCUT2D eigenvalue weighted by atomic mass is 16.7. The predicted molar refractivity (Wildman–Crippen MR) is 48.9 cm³/mol. The summed E-state index contributed by atoms with van der Waals surface area (Å²) in [5.74, 6) is 5.84. The molecule has 4 heteroatoms. The van der Waals surface area contributed by atoms with Gasteiger partial charge in [0.05, 0.1) is 5.56 Å². The van der Waals surface area contributed by atoms with Crippen molar-refractivity contribution in [3.8, 4) is 17.9 Å². The number of rotatable bonds is 2. The zero-order chi connectivity index (χ0) is 9.52. The monoisotopic (exact) mass is 177 g/mol. The van der Waals surface area contributed by atoms with Crippen LogP contribution in [0.4, 0.5) is 0 Å². The fraction of sp³-hybridized carbons (Fsp3) is 0.333. The van der Waals surface area contributed by atoms with Gasteiger partial charge in [0.15, 0.2) is 0 Å². The summed E-state index contributed by atoms with van der Waals surface area (Å²) >= 11 is 0. The molecule has 0 bridgehead atoms. The van der Waals surface area contributed by atoms with Crippen LogP contribution in [0.1, 0.15) is 18.9 Å². The fourth-order valence-electron chi connectivity index (χ4n) is 0.715. The van der Waals surface area contributed by atoms with Crippen LogP contribution in [0.15, 0.2) is 12.4 Å². The van der Waals surface area contributed by atoms with E-state index in [0.29, 0.717) is 6.01 Å². The maximum atomic E-state index is 4.84. The lowest BCUT2D eigenvalue weighted by Gasteiger charge is -1.98. The van der Waals surface area contributed by atoms with E-state index in [9.17, 15) is 0 Å². The molecule has 1 heterocycles. The second-order valence-electron chi connectivity index (χ2n) is 2.22. The summed E-state index contributed by atoms with van der Waals surface area (Å²) in [6.07, 6.45) is 4.08. The molecule has 0 aliphatic rings. The molecular formula is C9H11N3O. The van der Waals surface area contributed by atoms with Crippen LogP contribution in [-0.2, 0) is 0 Å². The number of hydroxylamine groups is 1. The fourth-order valence-corrected chi connectivity index (χ4v) is 0.715. The summed E-state index contributed by atoms with van der Waals surface area (Å²) in [4.78, 5) is 12.7. The average molecular weight is 177 g/mol.